The second kappa shape index (κ2) is 6.61. The summed E-state index contributed by atoms with van der Waals surface area (Å²) in [4.78, 5) is 10.5. The Balaban J connectivity index is 3.97. The number of hydrogen-bond acceptors (Lipinski definition) is 3. The van der Waals surface area contributed by atoms with Gasteiger partial charge in [0.2, 0.25) is 0 Å². The number of allylic oxidation sites excluding steroid dienone is 1. The zero-order chi connectivity index (χ0) is 11.9. The quantitative estimate of drug-likeness (QED) is 0.510. The summed E-state index contributed by atoms with van der Waals surface area (Å²) in [6, 6.07) is 0. The lowest BCUT2D eigenvalue weighted by Gasteiger charge is -2.07. The average Bonchev–Trinajstić information content (AvgIpc) is 2.11. The van der Waals surface area contributed by atoms with Crippen molar-refractivity contribution in [3.63, 3.8) is 0 Å². The highest BCUT2D eigenvalue weighted by molar-refractivity contribution is 7.91. The number of carboxylic acid groups (broad SMARTS) is 1. The minimum atomic E-state index is -3.22. The van der Waals surface area contributed by atoms with Gasteiger partial charge in [-0.2, -0.15) is 0 Å². The zero-order valence-corrected chi connectivity index (χ0v) is 9.79. The van der Waals surface area contributed by atoms with E-state index in [4.69, 9.17) is 5.11 Å². The Bertz CT molecular complexity index is 305. The molecule has 15 heavy (non-hydrogen) atoms. The second-order valence-electron chi connectivity index (χ2n) is 3.64. The largest absolute Gasteiger partial charge is 0.481 e. The van der Waals surface area contributed by atoms with Crippen LogP contribution in [0, 0.1) is 5.92 Å². The number of hydrogen-bond donors (Lipinski definition) is 1. The number of unbranched alkanes of at least 4 members (excludes halogenated alkanes) is 2. The topological polar surface area (TPSA) is 71.4 Å². The van der Waals surface area contributed by atoms with Gasteiger partial charge in [0.15, 0.2) is 9.84 Å². The molecule has 0 aliphatic rings. The van der Waals surface area contributed by atoms with Gasteiger partial charge in [-0.3, -0.25) is 4.79 Å². The summed E-state index contributed by atoms with van der Waals surface area (Å²) >= 11 is 0. The number of carbonyl (C=O) groups is 1. The Kier molecular flexibility index (Phi) is 6.24. The van der Waals surface area contributed by atoms with Crippen LogP contribution in [0.15, 0.2) is 12.7 Å². The van der Waals surface area contributed by atoms with Crippen LogP contribution in [-0.2, 0) is 14.6 Å². The van der Waals surface area contributed by atoms with E-state index in [9.17, 15) is 13.2 Å². The van der Waals surface area contributed by atoms with Crippen LogP contribution in [0.4, 0.5) is 0 Å². The van der Waals surface area contributed by atoms with Crippen molar-refractivity contribution >= 4 is 15.8 Å². The second-order valence-corrected chi connectivity index (χ2v) is 5.87. The van der Waals surface area contributed by atoms with Gasteiger partial charge in [-0.25, -0.2) is 8.42 Å². The number of aliphatic carboxylic acids is 1. The molecule has 1 N–H and O–H groups in total. The van der Waals surface area contributed by atoms with E-state index in [1.807, 2.05) is 0 Å². The van der Waals surface area contributed by atoms with Crippen molar-refractivity contribution < 1.29 is 18.3 Å². The Morgan fingerprint density at radius 3 is 2.53 bits per heavy atom. The van der Waals surface area contributed by atoms with E-state index in [0.717, 1.165) is 12.8 Å². The molecule has 0 aliphatic heterocycles. The summed E-state index contributed by atoms with van der Waals surface area (Å²) in [6.07, 6.45) is 3.89. The highest BCUT2D eigenvalue weighted by Crippen LogP contribution is 2.06. The molecule has 88 valence electrons. The summed E-state index contributed by atoms with van der Waals surface area (Å²) in [6.45, 7) is 4.95. The molecule has 0 bridgehead atoms. The third kappa shape index (κ3) is 7.13. The Hall–Kier alpha value is -0.840. The fourth-order valence-electron chi connectivity index (χ4n) is 1.15. The van der Waals surface area contributed by atoms with Crippen molar-refractivity contribution in [3.8, 4) is 0 Å². The first-order valence-corrected chi connectivity index (χ1v) is 6.75. The molecule has 0 radical (unpaired) electrons. The van der Waals surface area contributed by atoms with Crippen LogP contribution in [0.1, 0.15) is 26.2 Å². The molecule has 0 amide bonds. The van der Waals surface area contributed by atoms with E-state index < -0.39 is 21.7 Å². The van der Waals surface area contributed by atoms with Gasteiger partial charge in [0.1, 0.15) is 0 Å². The summed E-state index contributed by atoms with van der Waals surface area (Å²) in [5.74, 6) is -2.09. The lowest BCUT2D eigenvalue weighted by Crippen LogP contribution is -2.22. The van der Waals surface area contributed by atoms with Crippen LogP contribution < -0.4 is 0 Å². The number of sulfone groups is 1. The van der Waals surface area contributed by atoms with Crippen LogP contribution in [0.3, 0.4) is 0 Å². The van der Waals surface area contributed by atoms with Gasteiger partial charge in [-0.15, -0.1) is 6.58 Å². The first-order chi connectivity index (χ1) is 6.89. The van der Waals surface area contributed by atoms with E-state index in [1.54, 1.807) is 6.08 Å². The fourth-order valence-corrected chi connectivity index (χ4v) is 2.86. The van der Waals surface area contributed by atoms with Crippen molar-refractivity contribution in [2.75, 3.05) is 11.5 Å². The molecule has 0 aromatic carbocycles. The molecule has 1 atom stereocenters. The monoisotopic (exact) mass is 234 g/mol. The minimum Gasteiger partial charge on any atom is -0.481 e. The summed E-state index contributed by atoms with van der Waals surface area (Å²) in [5, 5.41) is 8.58. The number of rotatable bonds is 8. The Labute approximate surface area is 90.9 Å². The van der Waals surface area contributed by atoms with Gasteiger partial charge >= 0.3 is 5.97 Å². The van der Waals surface area contributed by atoms with Gasteiger partial charge in [0, 0.05) is 0 Å². The molecule has 0 aliphatic carbocycles. The van der Waals surface area contributed by atoms with E-state index in [2.05, 4.69) is 6.58 Å². The summed E-state index contributed by atoms with van der Waals surface area (Å²) in [5.41, 5.74) is 0. The maximum Gasteiger partial charge on any atom is 0.307 e. The van der Waals surface area contributed by atoms with E-state index in [1.165, 1.54) is 6.92 Å². The van der Waals surface area contributed by atoms with Gasteiger partial charge in [-0.1, -0.05) is 13.0 Å². The van der Waals surface area contributed by atoms with Crippen molar-refractivity contribution in [2.45, 2.75) is 26.2 Å². The SMILES string of the molecule is C=CCCCCS(=O)(=O)C[C@@H](C)C(=O)O. The zero-order valence-electron chi connectivity index (χ0n) is 8.98. The van der Waals surface area contributed by atoms with Crippen molar-refractivity contribution in [2.24, 2.45) is 5.92 Å². The molecular formula is C10H18O4S. The van der Waals surface area contributed by atoms with Gasteiger partial charge in [0.25, 0.3) is 0 Å². The first kappa shape index (κ1) is 14.2. The number of carboxylic acids is 1. The van der Waals surface area contributed by atoms with Crippen molar-refractivity contribution in [3.05, 3.63) is 12.7 Å². The summed E-state index contributed by atoms with van der Waals surface area (Å²) in [7, 11) is -3.22. The molecule has 0 rings (SSSR count). The maximum absolute atomic E-state index is 11.4. The van der Waals surface area contributed by atoms with Crippen molar-refractivity contribution in [1.82, 2.24) is 0 Å². The summed E-state index contributed by atoms with van der Waals surface area (Å²) < 4.78 is 22.8. The molecule has 0 unspecified atom stereocenters. The van der Waals surface area contributed by atoms with E-state index in [-0.39, 0.29) is 11.5 Å². The molecule has 5 heteroatoms. The Morgan fingerprint density at radius 2 is 2.07 bits per heavy atom. The fraction of sp³-hybridized carbons (Fsp3) is 0.700. The normalized spacial score (nSPS) is 13.4. The first-order valence-electron chi connectivity index (χ1n) is 4.93. The molecule has 0 aromatic heterocycles. The molecular weight excluding hydrogens is 216 g/mol. The van der Waals surface area contributed by atoms with Crippen molar-refractivity contribution in [1.29, 1.82) is 0 Å². The predicted molar refractivity (Wildman–Crippen MR) is 59.5 cm³/mol. The minimum absolute atomic E-state index is 0.0679. The van der Waals surface area contributed by atoms with Gasteiger partial charge < -0.3 is 5.11 Å². The lowest BCUT2D eigenvalue weighted by atomic mass is 10.2. The molecule has 4 nitrogen and oxygen atoms in total. The van der Waals surface area contributed by atoms with Crippen LogP contribution >= 0.6 is 0 Å². The molecule has 0 heterocycles. The van der Waals surface area contributed by atoms with Gasteiger partial charge in [-0.05, 0) is 19.3 Å². The molecule has 0 aromatic rings. The third-order valence-corrected chi connectivity index (χ3v) is 3.96. The predicted octanol–water partition coefficient (Wildman–Crippen LogP) is 1.48. The van der Waals surface area contributed by atoms with Crippen LogP contribution in [0.25, 0.3) is 0 Å². The van der Waals surface area contributed by atoms with E-state index >= 15 is 0 Å². The lowest BCUT2D eigenvalue weighted by molar-refractivity contribution is -0.140. The smallest absolute Gasteiger partial charge is 0.307 e. The molecule has 0 saturated heterocycles. The highest BCUT2D eigenvalue weighted by atomic mass is 32.2. The molecule has 0 spiro atoms. The standard InChI is InChI=1S/C10H18O4S/c1-3-4-5-6-7-15(13,14)8-9(2)10(11)12/h3,9H,1,4-8H2,2H3,(H,11,12)/t9-/m1/s1. The maximum atomic E-state index is 11.4. The molecule has 0 saturated carbocycles. The van der Waals surface area contributed by atoms with Gasteiger partial charge in [0.05, 0.1) is 17.4 Å². The third-order valence-electron chi connectivity index (χ3n) is 2.04. The van der Waals surface area contributed by atoms with Crippen LogP contribution in [-0.4, -0.2) is 31.0 Å². The van der Waals surface area contributed by atoms with Crippen LogP contribution in [0.2, 0.25) is 0 Å². The van der Waals surface area contributed by atoms with E-state index in [0.29, 0.717) is 6.42 Å². The highest BCUT2D eigenvalue weighted by Gasteiger charge is 2.20. The average molecular weight is 234 g/mol. The Morgan fingerprint density at radius 1 is 1.47 bits per heavy atom. The molecule has 0 fully saturated rings. The van der Waals surface area contributed by atoms with Crippen LogP contribution in [0.5, 0.6) is 0 Å².